The van der Waals surface area contributed by atoms with E-state index in [9.17, 15) is 9.59 Å². The van der Waals surface area contributed by atoms with Gasteiger partial charge in [0, 0.05) is 25.2 Å². The Morgan fingerprint density at radius 1 is 1.27 bits per heavy atom. The van der Waals surface area contributed by atoms with E-state index in [0.717, 1.165) is 19.4 Å². The van der Waals surface area contributed by atoms with Crippen LogP contribution in [0.4, 0.5) is 4.79 Å². The molecule has 2 N–H and O–H groups in total. The fraction of sp³-hybridized carbons (Fsp3) is 0.867. The summed E-state index contributed by atoms with van der Waals surface area (Å²) in [4.78, 5) is 26.8. The molecule has 2 amide bonds. The second-order valence-corrected chi connectivity index (χ2v) is 6.39. The van der Waals surface area contributed by atoms with E-state index in [4.69, 9.17) is 9.84 Å². The van der Waals surface area contributed by atoms with Crippen molar-refractivity contribution in [2.45, 2.75) is 57.9 Å². The number of aliphatic carboxylic acids is 1. The van der Waals surface area contributed by atoms with Gasteiger partial charge < -0.3 is 20.1 Å². The first kappa shape index (κ1) is 17.0. The lowest BCUT2D eigenvalue weighted by atomic mass is 9.85. The number of nitrogens with one attached hydrogen (secondary N) is 1. The van der Waals surface area contributed by atoms with Gasteiger partial charge in [0.2, 0.25) is 0 Å². The third-order valence-corrected chi connectivity index (χ3v) is 4.41. The maximum absolute atomic E-state index is 12.3. The third kappa shape index (κ3) is 4.33. The largest absolute Gasteiger partial charge is 0.480 e. The number of carboxylic acid groups (broad SMARTS) is 1. The normalized spacial score (nSPS) is 31.7. The number of carbonyl (C=O) groups excluding carboxylic acids is 1. The van der Waals surface area contributed by atoms with Crippen LogP contribution >= 0.6 is 0 Å². The molecule has 1 saturated heterocycles. The lowest BCUT2D eigenvalue weighted by Gasteiger charge is -2.43. The molecule has 2 rings (SSSR count). The third-order valence-electron chi connectivity index (χ3n) is 4.41. The Morgan fingerprint density at radius 3 is 2.36 bits per heavy atom. The summed E-state index contributed by atoms with van der Waals surface area (Å²) in [5, 5.41) is 11.9. The number of urea groups is 1. The molecular formula is C15H27N3O4. The molecule has 1 aliphatic heterocycles. The molecule has 7 nitrogen and oxygen atoms in total. The van der Waals surface area contributed by atoms with Crippen molar-refractivity contribution < 1.29 is 19.4 Å². The zero-order valence-corrected chi connectivity index (χ0v) is 13.6. The molecule has 0 spiro atoms. The lowest BCUT2D eigenvalue weighted by Crippen LogP contribution is -2.59. The highest BCUT2D eigenvalue weighted by atomic mass is 16.5. The van der Waals surface area contributed by atoms with Crippen LogP contribution in [0.2, 0.25) is 0 Å². The van der Waals surface area contributed by atoms with Crippen LogP contribution < -0.4 is 5.32 Å². The van der Waals surface area contributed by atoms with Crippen LogP contribution in [0.15, 0.2) is 0 Å². The van der Waals surface area contributed by atoms with Crippen molar-refractivity contribution in [3.8, 4) is 0 Å². The van der Waals surface area contributed by atoms with Gasteiger partial charge in [0.25, 0.3) is 0 Å². The summed E-state index contributed by atoms with van der Waals surface area (Å²) in [6.45, 7) is 7.93. The lowest BCUT2D eigenvalue weighted by molar-refractivity contribution is -0.139. The molecule has 0 aromatic heterocycles. The van der Waals surface area contributed by atoms with Gasteiger partial charge in [0.1, 0.15) is 0 Å². The van der Waals surface area contributed by atoms with Gasteiger partial charge in [0.05, 0.1) is 18.8 Å². The van der Waals surface area contributed by atoms with Crippen LogP contribution in [0.1, 0.15) is 33.6 Å². The van der Waals surface area contributed by atoms with Crippen molar-refractivity contribution in [1.29, 1.82) is 0 Å². The zero-order chi connectivity index (χ0) is 16.3. The monoisotopic (exact) mass is 313 g/mol. The Bertz CT molecular complexity index is 402. The van der Waals surface area contributed by atoms with Crippen molar-refractivity contribution in [2.24, 2.45) is 0 Å². The maximum atomic E-state index is 12.3. The average Bonchev–Trinajstić information content (AvgIpc) is 2.38. The Balaban J connectivity index is 1.75. The number of carbonyl (C=O) groups is 2. The minimum absolute atomic E-state index is 0.0354. The predicted octanol–water partition coefficient (Wildman–Crippen LogP) is 0.743. The standard InChI is InChI=1S/C15H27N3O4/c1-4-17(9-14(19)20)13-5-12(6-13)16-15(21)18-7-10(2)22-11(3)8-18/h10-13H,4-9H2,1-3H3,(H,16,21)(H,19,20)/t10-,11+,12?,13?. The Morgan fingerprint density at radius 2 is 1.86 bits per heavy atom. The van der Waals surface area contributed by atoms with Gasteiger partial charge in [-0.3, -0.25) is 9.69 Å². The van der Waals surface area contributed by atoms with Crippen molar-refractivity contribution >= 4 is 12.0 Å². The van der Waals surface area contributed by atoms with Gasteiger partial charge >= 0.3 is 12.0 Å². The molecule has 1 aliphatic carbocycles. The number of rotatable bonds is 5. The summed E-state index contributed by atoms with van der Waals surface area (Å²) in [5.41, 5.74) is 0. The average molecular weight is 313 g/mol. The molecule has 0 bridgehead atoms. The highest BCUT2D eigenvalue weighted by Crippen LogP contribution is 2.26. The second kappa shape index (κ2) is 7.28. The van der Waals surface area contributed by atoms with E-state index >= 15 is 0 Å². The zero-order valence-electron chi connectivity index (χ0n) is 13.6. The molecule has 126 valence electrons. The number of amides is 2. The quantitative estimate of drug-likeness (QED) is 0.782. The topological polar surface area (TPSA) is 82.1 Å². The van der Waals surface area contributed by atoms with Crippen LogP contribution in [0.25, 0.3) is 0 Å². The number of hydrogen-bond acceptors (Lipinski definition) is 4. The van der Waals surface area contributed by atoms with Crippen molar-refractivity contribution in [3.63, 3.8) is 0 Å². The molecule has 0 aromatic carbocycles. The first-order valence-electron chi connectivity index (χ1n) is 8.05. The minimum atomic E-state index is -0.800. The summed E-state index contributed by atoms with van der Waals surface area (Å²) < 4.78 is 5.63. The van der Waals surface area contributed by atoms with E-state index in [2.05, 4.69) is 5.32 Å². The molecule has 2 fully saturated rings. The molecule has 1 saturated carbocycles. The molecule has 2 aliphatic rings. The summed E-state index contributed by atoms with van der Waals surface area (Å²) >= 11 is 0. The molecule has 0 radical (unpaired) electrons. The van der Waals surface area contributed by atoms with E-state index in [0.29, 0.717) is 13.1 Å². The van der Waals surface area contributed by atoms with E-state index in [1.807, 2.05) is 25.7 Å². The SMILES string of the molecule is CCN(CC(=O)O)C1CC(NC(=O)N2C[C@@H](C)O[C@@H](C)C2)C1. The first-order valence-corrected chi connectivity index (χ1v) is 8.05. The summed E-state index contributed by atoms with van der Waals surface area (Å²) in [5.74, 6) is -0.800. The van der Waals surface area contributed by atoms with E-state index in [1.165, 1.54) is 0 Å². The predicted molar refractivity (Wildman–Crippen MR) is 81.8 cm³/mol. The molecule has 22 heavy (non-hydrogen) atoms. The highest BCUT2D eigenvalue weighted by Gasteiger charge is 2.36. The fourth-order valence-corrected chi connectivity index (χ4v) is 3.29. The van der Waals surface area contributed by atoms with Crippen LogP contribution in [0.5, 0.6) is 0 Å². The summed E-state index contributed by atoms with van der Waals surface area (Å²) in [7, 11) is 0. The smallest absolute Gasteiger partial charge is 0.317 e. The Labute approximate surface area is 131 Å². The first-order chi connectivity index (χ1) is 10.4. The molecular weight excluding hydrogens is 286 g/mol. The Hall–Kier alpha value is -1.34. The molecule has 1 heterocycles. The van der Waals surface area contributed by atoms with Crippen molar-refractivity contribution in [2.75, 3.05) is 26.2 Å². The number of carboxylic acids is 1. The summed E-state index contributed by atoms with van der Waals surface area (Å²) in [6, 6.07) is 0.370. The van der Waals surface area contributed by atoms with Gasteiger partial charge in [0.15, 0.2) is 0 Å². The van der Waals surface area contributed by atoms with Gasteiger partial charge in [-0.15, -0.1) is 0 Å². The molecule has 7 heteroatoms. The fourth-order valence-electron chi connectivity index (χ4n) is 3.29. The van der Waals surface area contributed by atoms with Gasteiger partial charge in [-0.25, -0.2) is 4.79 Å². The number of nitrogens with zero attached hydrogens (tertiary/aromatic N) is 2. The van der Waals surface area contributed by atoms with Crippen LogP contribution in [0.3, 0.4) is 0 Å². The summed E-state index contributed by atoms with van der Waals surface area (Å²) in [6.07, 6.45) is 1.77. The maximum Gasteiger partial charge on any atom is 0.317 e. The number of morpholine rings is 1. The number of hydrogen-bond donors (Lipinski definition) is 2. The van der Waals surface area contributed by atoms with Gasteiger partial charge in [-0.1, -0.05) is 6.92 Å². The molecule has 2 atom stereocenters. The Kier molecular flexibility index (Phi) is 5.63. The molecule has 0 aromatic rings. The second-order valence-electron chi connectivity index (χ2n) is 6.39. The van der Waals surface area contributed by atoms with E-state index in [-0.39, 0.29) is 36.9 Å². The number of likely N-dealkylation sites (N-methyl/N-ethyl adjacent to an activating group) is 1. The van der Waals surface area contributed by atoms with E-state index < -0.39 is 5.97 Å². The number of ether oxygens (including phenoxy) is 1. The van der Waals surface area contributed by atoms with Gasteiger partial charge in [-0.2, -0.15) is 0 Å². The van der Waals surface area contributed by atoms with Crippen LogP contribution in [0, 0.1) is 0 Å². The van der Waals surface area contributed by atoms with Crippen LogP contribution in [-0.2, 0) is 9.53 Å². The van der Waals surface area contributed by atoms with E-state index in [1.54, 1.807) is 4.90 Å². The van der Waals surface area contributed by atoms with Crippen LogP contribution in [-0.4, -0.2) is 77.4 Å². The highest BCUT2D eigenvalue weighted by molar-refractivity contribution is 5.75. The van der Waals surface area contributed by atoms with Gasteiger partial charge in [-0.05, 0) is 33.2 Å². The van der Waals surface area contributed by atoms with Crippen molar-refractivity contribution in [3.05, 3.63) is 0 Å². The molecule has 0 unspecified atom stereocenters. The minimum Gasteiger partial charge on any atom is -0.480 e. The van der Waals surface area contributed by atoms with Crippen molar-refractivity contribution in [1.82, 2.24) is 15.1 Å².